The van der Waals surface area contributed by atoms with E-state index in [0.29, 0.717) is 94.8 Å². The van der Waals surface area contributed by atoms with Gasteiger partial charge in [-0.05, 0) is 69.1 Å². The number of piperazine rings is 1. The Morgan fingerprint density at radius 1 is 0.934 bits per heavy atom. The number of carbonyl (C=O) groups excluding carboxylic acids is 3. The van der Waals surface area contributed by atoms with Crippen molar-refractivity contribution < 1.29 is 32.7 Å². The maximum atomic E-state index is 13.4. The number of rotatable bonds is 14. The third-order valence-corrected chi connectivity index (χ3v) is 11.6. The van der Waals surface area contributed by atoms with Crippen LogP contribution in [0.15, 0.2) is 66.0 Å². The van der Waals surface area contributed by atoms with Gasteiger partial charge in [0.15, 0.2) is 0 Å². The summed E-state index contributed by atoms with van der Waals surface area (Å²) in [5, 5.41) is 22.2. The lowest BCUT2D eigenvalue weighted by Crippen LogP contribution is -2.49. The van der Waals surface area contributed by atoms with Gasteiger partial charge in [0.1, 0.15) is 6.54 Å². The topological polar surface area (TPSA) is 171 Å². The number of fused-ring (bicyclic) bond motifs is 2. The zero-order valence-electron chi connectivity index (χ0n) is 33.8. The van der Waals surface area contributed by atoms with Crippen LogP contribution < -0.4 is 16.2 Å². The first kappa shape index (κ1) is 43.7. The predicted octanol–water partition coefficient (Wildman–Crippen LogP) is 4.55. The van der Waals surface area contributed by atoms with E-state index in [0.717, 1.165) is 30.9 Å². The summed E-state index contributed by atoms with van der Waals surface area (Å²) in [7, 11) is 2.09. The van der Waals surface area contributed by atoms with Crippen LogP contribution in [0.3, 0.4) is 0 Å². The molecule has 19 heteroatoms. The minimum Gasteiger partial charge on any atom is -0.388 e. The van der Waals surface area contributed by atoms with Gasteiger partial charge in [0.25, 0.3) is 11.5 Å². The van der Waals surface area contributed by atoms with Crippen LogP contribution in [0.5, 0.6) is 0 Å². The molecule has 5 aromatic rings. The number of hydrogen-bond acceptors (Lipinski definition) is 10. The minimum atomic E-state index is -4.43. The molecule has 7 rings (SSSR count). The van der Waals surface area contributed by atoms with Gasteiger partial charge in [-0.15, -0.1) is 0 Å². The van der Waals surface area contributed by atoms with Crippen LogP contribution in [0.4, 0.5) is 18.9 Å². The zero-order valence-corrected chi connectivity index (χ0v) is 34.5. The number of carbonyl (C=O) groups is 3. The molecule has 5 heterocycles. The number of anilines is 1. The zero-order chi connectivity index (χ0) is 43.3. The number of aliphatic hydroxyl groups is 1. The maximum absolute atomic E-state index is 13.4. The number of nitrogens with one attached hydrogen (secondary N) is 2. The van der Waals surface area contributed by atoms with E-state index in [1.807, 2.05) is 0 Å². The molecule has 0 saturated carbocycles. The van der Waals surface area contributed by atoms with Gasteiger partial charge in [-0.2, -0.15) is 18.3 Å². The molecule has 324 valence electrons. The van der Waals surface area contributed by atoms with Crippen molar-refractivity contribution >= 4 is 56.8 Å². The molecular formula is C42H48ClF3N10O5. The van der Waals surface area contributed by atoms with E-state index >= 15 is 0 Å². The largest absolute Gasteiger partial charge is 0.408 e. The molecular weight excluding hydrogens is 817 g/mol. The fraction of sp³-hybridized carbons (Fsp3) is 0.452. The second kappa shape index (κ2) is 18.7. The van der Waals surface area contributed by atoms with Crippen LogP contribution in [-0.4, -0.2) is 133 Å². The number of benzene rings is 2. The summed E-state index contributed by atoms with van der Waals surface area (Å²) in [6, 6.07) is 11.3. The SMILES string of the molecule is CN1CCN(CCC(=O)Nc2ccc3c(=O)n(CC4(O)CCN(C(=O)CCCCNC(=O)c5ccc6c(Cl)cc(-c7cnn(CC(F)(F)F)c7)nc6c5)CC4)cnc3c2)CC1. The Hall–Kier alpha value is -5.43. The number of likely N-dealkylation sites (N-methyl/N-ethyl adjacent to an activating group) is 1. The summed E-state index contributed by atoms with van der Waals surface area (Å²) in [6.07, 6.45) is 1.76. The number of aromatic nitrogens is 5. The van der Waals surface area contributed by atoms with Gasteiger partial charge in [0, 0.05) is 93.6 Å². The van der Waals surface area contributed by atoms with Crippen LogP contribution in [0.25, 0.3) is 33.1 Å². The smallest absolute Gasteiger partial charge is 0.388 e. The van der Waals surface area contributed by atoms with Crippen molar-refractivity contribution in [2.45, 2.75) is 63.4 Å². The Bertz CT molecular complexity index is 2460. The average Bonchev–Trinajstić information content (AvgIpc) is 3.68. The van der Waals surface area contributed by atoms with Gasteiger partial charge in [-0.3, -0.25) is 28.4 Å². The number of pyridine rings is 1. The third kappa shape index (κ3) is 11.3. The highest BCUT2D eigenvalue weighted by atomic mass is 35.5. The van der Waals surface area contributed by atoms with Gasteiger partial charge >= 0.3 is 6.18 Å². The molecule has 15 nitrogen and oxygen atoms in total. The lowest BCUT2D eigenvalue weighted by atomic mass is 9.91. The van der Waals surface area contributed by atoms with E-state index in [2.05, 4.69) is 42.5 Å². The first-order chi connectivity index (χ1) is 29.1. The number of alkyl halides is 3. The van der Waals surface area contributed by atoms with Gasteiger partial charge in [-0.1, -0.05) is 17.7 Å². The summed E-state index contributed by atoms with van der Waals surface area (Å²) in [6.45, 7) is 4.29. The Balaban J connectivity index is 0.837. The molecule has 0 spiro atoms. The summed E-state index contributed by atoms with van der Waals surface area (Å²) in [5.74, 6) is -0.518. The summed E-state index contributed by atoms with van der Waals surface area (Å²) >= 11 is 6.45. The minimum absolute atomic E-state index is 0.0275. The summed E-state index contributed by atoms with van der Waals surface area (Å²) in [4.78, 5) is 67.2. The van der Waals surface area contributed by atoms with Crippen molar-refractivity contribution in [1.29, 1.82) is 0 Å². The molecule has 0 bridgehead atoms. The van der Waals surface area contributed by atoms with Crippen molar-refractivity contribution in [1.82, 2.24) is 44.3 Å². The van der Waals surface area contributed by atoms with E-state index in [4.69, 9.17) is 11.6 Å². The molecule has 2 aromatic carbocycles. The van der Waals surface area contributed by atoms with Crippen molar-refractivity contribution in [3.63, 3.8) is 0 Å². The number of amides is 3. The molecule has 2 aliphatic heterocycles. The first-order valence-corrected chi connectivity index (χ1v) is 20.7. The molecule has 0 radical (unpaired) electrons. The predicted molar refractivity (Wildman–Crippen MR) is 224 cm³/mol. The fourth-order valence-corrected chi connectivity index (χ4v) is 7.92. The number of halogens is 4. The van der Waals surface area contributed by atoms with E-state index in [1.54, 1.807) is 41.3 Å². The second-order valence-electron chi connectivity index (χ2n) is 15.9. The fourth-order valence-electron chi connectivity index (χ4n) is 7.66. The number of nitrogens with zero attached hydrogens (tertiary/aromatic N) is 8. The van der Waals surface area contributed by atoms with E-state index < -0.39 is 18.3 Å². The van der Waals surface area contributed by atoms with E-state index in [-0.39, 0.29) is 49.1 Å². The lowest BCUT2D eigenvalue weighted by Gasteiger charge is -2.38. The average molecular weight is 865 g/mol. The van der Waals surface area contributed by atoms with Crippen LogP contribution in [0.1, 0.15) is 48.9 Å². The summed E-state index contributed by atoms with van der Waals surface area (Å²) in [5.41, 5.74) is 0.865. The first-order valence-electron chi connectivity index (χ1n) is 20.3. The van der Waals surface area contributed by atoms with E-state index in [9.17, 15) is 37.5 Å². The lowest BCUT2D eigenvalue weighted by molar-refractivity contribution is -0.142. The number of piperidine rings is 1. The molecule has 3 N–H and O–H groups in total. The summed E-state index contributed by atoms with van der Waals surface area (Å²) < 4.78 is 40.6. The Labute approximate surface area is 354 Å². The number of unbranched alkanes of at least 4 members (excludes halogenated alkanes) is 1. The Kier molecular flexibility index (Phi) is 13.4. The molecule has 2 saturated heterocycles. The Morgan fingerprint density at radius 3 is 2.44 bits per heavy atom. The van der Waals surface area contributed by atoms with Crippen LogP contribution in [-0.2, 0) is 22.7 Å². The maximum Gasteiger partial charge on any atom is 0.408 e. The molecule has 0 atom stereocenters. The molecule has 2 aliphatic rings. The van der Waals surface area contributed by atoms with Crippen molar-refractivity contribution in [2.24, 2.45) is 0 Å². The molecule has 61 heavy (non-hydrogen) atoms. The standard InChI is InChI=1S/C42H48ClF3N10O5/c1-52-16-18-53(19-17-52)13-9-37(57)50-30-6-8-32-35(21-30)48-27-55(40(32)60)25-41(61)10-14-54(15-11-41)38(58)4-2-3-12-47-39(59)28-5-7-31-33(43)22-34(51-36(31)20-28)29-23-49-56(24-29)26-42(44,45)46/h5-8,20-24,27,61H,2-4,9-19,25-26H2,1H3,(H,47,59)(H,50,57). The molecule has 2 fully saturated rings. The highest BCUT2D eigenvalue weighted by molar-refractivity contribution is 6.35. The molecule has 0 unspecified atom stereocenters. The van der Waals surface area contributed by atoms with Crippen LogP contribution in [0, 0.1) is 0 Å². The van der Waals surface area contributed by atoms with Gasteiger partial charge in [0.2, 0.25) is 11.8 Å². The quantitative estimate of drug-likeness (QED) is 0.135. The van der Waals surface area contributed by atoms with Gasteiger partial charge < -0.3 is 30.4 Å². The van der Waals surface area contributed by atoms with Crippen molar-refractivity contribution in [3.8, 4) is 11.3 Å². The van der Waals surface area contributed by atoms with Crippen molar-refractivity contribution in [3.05, 3.63) is 82.1 Å². The normalized spacial score (nSPS) is 16.3. The van der Waals surface area contributed by atoms with E-state index in [1.165, 1.54) is 29.4 Å². The second-order valence-corrected chi connectivity index (χ2v) is 16.3. The highest BCUT2D eigenvalue weighted by Gasteiger charge is 2.35. The number of hydrogen-bond donors (Lipinski definition) is 3. The molecule has 0 aliphatic carbocycles. The van der Waals surface area contributed by atoms with Gasteiger partial charge in [-0.25, -0.2) is 9.97 Å². The van der Waals surface area contributed by atoms with Crippen molar-refractivity contribution in [2.75, 3.05) is 64.7 Å². The van der Waals surface area contributed by atoms with Gasteiger partial charge in [0.05, 0.1) is 51.8 Å². The Morgan fingerprint density at radius 2 is 1.69 bits per heavy atom. The van der Waals surface area contributed by atoms with Crippen LogP contribution >= 0.6 is 11.6 Å². The third-order valence-electron chi connectivity index (χ3n) is 11.3. The monoisotopic (exact) mass is 864 g/mol. The number of likely N-dealkylation sites (tertiary alicyclic amines) is 1. The van der Waals surface area contributed by atoms with Crippen LogP contribution in [0.2, 0.25) is 5.02 Å². The highest BCUT2D eigenvalue weighted by Crippen LogP contribution is 2.30. The molecule has 3 amide bonds. The molecule has 3 aromatic heterocycles.